The number of carboxylic acid groups (broad SMARTS) is 1. The number of esters is 1. The average Bonchev–Trinajstić information content (AvgIpc) is 2.30. The molecular weight excluding hydrogens is 268 g/mol. The molecule has 1 rings (SSSR count). The molecule has 0 unspecified atom stereocenters. The van der Waals surface area contributed by atoms with E-state index in [2.05, 4.69) is 0 Å². The number of carboxylic acids is 1. The van der Waals surface area contributed by atoms with Gasteiger partial charge in [-0.3, -0.25) is 0 Å². The van der Waals surface area contributed by atoms with Crippen LogP contribution in [0.4, 0.5) is 0 Å². The molecule has 4 nitrogen and oxygen atoms in total. The zero-order chi connectivity index (χ0) is 14.6. The Bertz CT molecular complexity index is 494. The third-order valence-electron chi connectivity index (χ3n) is 2.56. The van der Waals surface area contributed by atoms with Crippen LogP contribution in [-0.4, -0.2) is 23.7 Å². The number of benzene rings is 1. The van der Waals surface area contributed by atoms with Crippen molar-refractivity contribution in [1.82, 2.24) is 0 Å². The van der Waals surface area contributed by atoms with E-state index >= 15 is 0 Å². The molecule has 0 aromatic heterocycles. The Hall–Kier alpha value is -1.55. The minimum Gasteiger partial charge on any atom is -0.478 e. The first-order valence-corrected chi connectivity index (χ1v) is 6.48. The second-order valence-electron chi connectivity index (χ2n) is 4.58. The molecule has 0 spiro atoms. The van der Waals surface area contributed by atoms with E-state index in [0.717, 1.165) is 5.56 Å². The predicted octanol–water partition coefficient (Wildman–Crippen LogP) is 3.41. The summed E-state index contributed by atoms with van der Waals surface area (Å²) in [6.45, 7) is 5.86. The smallest absolute Gasteiger partial charge is 0.339 e. The van der Waals surface area contributed by atoms with Crippen LogP contribution in [0.2, 0.25) is 5.02 Å². The predicted molar refractivity (Wildman–Crippen MR) is 72.9 cm³/mol. The van der Waals surface area contributed by atoms with Gasteiger partial charge in [0.05, 0.1) is 22.8 Å². The second kappa shape index (κ2) is 6.57. The summed E-state index contributed by atoms with van der Waals surface area (Å²) in [4.78, 5) is 23.0. The first-order valence-electron chi connectivity index (χ1n) is 6.10. The maximum atomic E-state index is 11.7. The third kappa shape index (κ3) is 3.70. The van der Waals surface area contributed by atoms with Crippen LogP contribution in [0.1, 0.15) is 47.1 Å². The largest absolute Gasteiger partial charge is 0.478 e. The van der Waals surface area contributed by atoms with Gasteiger partial charge in [0.2, 0.25) is 0 Å². The lowest BCUT2D eigenvalue weighted by atomic mass is 9.97. The molecule has 1 aromatic rings. The summed E-state index contributed by atoms with van der Waals surface area (Å²) in [5.74, 6) is -1.55. The Morgan fingerprint density at radius 1 is 1.37 bits per heavy atom. The van der Waals surface area contributed by atoms with Crippen molar-refractivity contribution in [3.8, 4) is 0 Å². The van der Waals surface area contributed by atoms with Gasteiger partial charge in [-0.25, -0.2) is 9.59 Å². The van der Waals surface area contributed by atoms with Crippen LogP contribution >= 0.6 is 11.6 Å². The molecule has 0 bridgehead atoms. The van der Waals surface area contributed by atoms with Gasteiger partial charge < -0.3 is 9.84 Å². The lowest BCUT2D eigenvalue weighted by Crippen LogP contribution is -2.13. The van der Waals surface area contributed by atoms with Crippen molar-refractivity contribution in [3.05, 3.63) is 33.8 Å². The molecule has 0 aliphatic carbocycles. The molecule has 1 N–H and O–H groups in total. The van der Waals surface area contributed by atoms with E-state index < -0.39 is 11.9 Å². The first-order chi connectivity index (χ1) is 8.88. The van der Waals surface area contributed by atoms with Crippen LogP contribution in [0.15, 0.2) is 12.1 Å². The highest BCUT2D eigenvalue weighted by Crippen LogP contribution is 2.27. The molecule has 0 saturated heterocycles. The number of ether oxygens (including phenoxy) is 1. The number of rotatable bonds is 5. The summed E-state index contributed by atoms with van der Waals surface area (Å²) in [5.41, 5.74) is 0.534. The van der Waals surface area contributed by atoms with Crippen LogP contribution in [0.5, 0.6) is 0 Å². The van der Waals surface area contributed by atoms with Gasteiger partial charge in [0.15, 0.2) is 0 Å². The van der Waals surface area contributed by atoms with Gasteiger partial charge in [-0.05, 0) is 30.9 Å². The zero-order valence-electron chi connectivity index (χ0n) is 11.2. The Kier molecular flexibility index (Phi) is 5.36. The van der Waals surface area contributed by atoms with Crippen molar-refractivity contribution in [2.75, 3.05) is 6.61 Å². The topological polar surface area (TPSA) is 63.6 Å². The molecule has 0 fully saturated rings. The highest BCUT2D eigenvalue weighted by atomic mass is 35.5. The fourth-order valence-electron chi connectivity index (χ4n) is 1.80. The van der Waals surface area contributed by atoms with Crippen molar-refractivity contribution in [3.63, 3.8) is 0 Å². The molecular formula is C14H17ClO4. The highest BCUT2D eigenvalue weighted by molar-refractivity contribution is 6.35. The van der Waals surface area contributed by atoms with Gasteiger partial charge in [0.1, 0.15) is 0 Å². The quantitative estimate of drug-likeness (QED) is 0.842. The van der Waals surface area contributed by atoms with Gasteiger partial charge in [0.25, 0.3) is 0 Å². The van der Waals surface area contributed by atoms with E-state index in [1.165, 1.54) is 6.07 Å². The molecule has 0 radical (unpaired) electrons. The fourth-order valence-corrected chi connectivity index (χ4v) is 2.13. The van der Waals surface area contributed by atoms with Crippen LogP contribution in [0.3, 0.4) is 0 Å². The average molecular weight is 285 g/mol. The minimum absolute atomic E-state index is 0.00754. The lowest BCUT2D eigenvalue weighted by Gasteiger charge is -2.12. The van der Waals surface area contributed by atoms with E-state index in [1.807, 2.05) is 13.8 Å². The summed E-state index contributed by atoms with van der Waals surface area (Å²) >= 11 is 6.11. The van der Waals surface area contributed by atoms with E-state index in [9.17, 15) is 14.7 Å². The molecule has 0 aliphatic heterocycles. The summed E-state index contributed by atoms with van der Waals surface area (Å²) in [6.07, 6.45) is 0.655. The Balaban J connectivity index is 3.31. The molecule has 0 heterocycles. The number of halogens is 1. The van der Waals surface area contributed by atoms with E-state index in [0.29, 0.717) is 12.3 Å². The molecule has 1 aromatic carbocycles. The first kappa shape index (κ1) is 15.5. The zero-order valence-corrected chi connectivity index (χ0v) is 12.0. The van der Waals surface area contributed by atoms with E-state index in [4.69, 9.17) is 16.3 Å². The van der Waals surface area contributed by atoms with Crippen molar-refractivity contribution in [2.24, 2.45) is 5.92 Å². The van der Waals surface area contributed by atoms with E-state index in [1.54, 1.807) is 13.0 Å². The number of carbonyl (C=O) groups is 2. The van der Waals surface area contributed by atoms with Gasteiger partial charge in [-0.1, -0.05) is 31.5 Å². The second-order valence-corrected chi connectivity index (χ2v) is 4.96. The number of aromatic carboxylic acids is 1. The molecule has 19 heavy (non-hydrogen) atoms. The van der Waals surface area contributed by atoms with Gasteiger partial charge >= 0.3 is 11.9 Å². The maximum absolute atomic E-state index is 11.7. The summed E-state index contributed by atoms with van der Waals surface area (Å²) in [7, 11) is 0. The molecule has 5 heteroatoms. The van der Waals surface area contributed by atoms with Crippen LogP contribution in [0.25, 0.3) is 0 Å². The van der Waals surface area contributed by atoms with Crippen LogP contribution < -0.4 is 0 Å². The third-order valence-corrected chi connectivity index (χ3v) is 2.99. The molecule has 104 valence electrons. The normalized spacial score (nSPS) is 10.6. The number of hydrogen-bond donors (Lipinski definition) is 1. The summed E-state index contributed by atoms with van der Waals surface area (Å²) in [6, 6.07) is 3.14. The Morgan fingerprint density at radius 3 is 2.47 bits per heavy atom. The maximum Gasteiger partial charge on any atom is 0.339 e. The van der Waals surface area contributed by atoms with Gasteiger partial charge in [-0.2, -0.15) is 0 Å². The van der Waals surface area contributed by atoms with Gasteiger partial charge in [0, 0.05) is 0 Å². The minimum atomic E-state index is -1.22. The monoisotopic (exact) mass is 284 g/mol. The standard InChI is InChI=1S/C14H17ClO4/c1-4-19-14(18)10-6-5-9(7-8(2)3)12(15)11(10)13(16)17/h5-6,8H,4,7H2,1-3H3,(H,16,17). The fraction of sp³-hybridized carbons (Fsp3) is 0.429. The Morgan fingerprint density at radius 2 is 2.00 bits per heavy atom. The molecule has 0 atom stereocenters. The van der Waals surface area contributed by atoms with Crippen molar-refractivity contribution in [1.29, 1.82) is 0 Å². The van der Waals surface area contributed by atoms with Crippen LogP contribution in [0, 0.1) is 5.92 Å². The molecule has 0 amide bonds. The number of hydrogen-bond acceptors (Lipinski definition) is 3. The SMILES string of the molecule is CCOC(=O)c1ccc(CC(C)C)c(Cl)c1C(=O)O. The summed E-state index contributed by atoms with van der Waals surface area (Å²) in [5, 5.41) is 9.35. The molecule has 0 saturated carbocycles. The van der Waals surface area contributed by atoms with Crippen molar-refractivity contribution >= 4 is 23.5 Å². The van der Waals surface area contributed by atoms with Crippen molar-refractivity contribution < 1.29 is 19.4 Å². The molecule has 0 aliphatic rings. The lowest BCUT2D eigenvalue weighted by molar-refractivity contribution is 0.0514. The van der Waals surface area contributed by atoms with Gasteiger partial charge in [-0.15, -0.1) is 0 Å². The van der Waals surface area contributed by atoms with Crippen LogP contribution in [-0.2, 0) is 11.2 Å². The Labute approximate surface area is 117 Å². The van der Waals surface area contributed by atoms with E-state index in [-0.39, 0.29) is 22.8 Å². The highest BCUT2D eigenvalue weighted by Gasteiger charge is 2.23. The number of carbonyl (C=O) groups excluding carboxylic acids is 1. The van der Waals surface area contributed by atoms with Crippen molar-refractivity contribution in [2.45, 2.75) is 27.2 Å². The summed E-state index contributed by atoms with van der Waals surface area (Å²) < 4.78 is 4.83.